The molecule has 6 nitrogen and oxygen atoms in total. The van der Waals surface area contributed by atoms with E-state index in [1.807, 2.05) is 35.5 Å². The van der Waals surface area contributed by atoms with Crippen molar-refractivity contribution in [3.63, 3.8) is 0 Å². The number of hydrogen-bond donors (Lipinski definition) is 0. The van der Waals surface area contributed by atoms with Gasteiger partial charge in [0.15, 0.2) is 18.9 Å². The summed E-state index contributed by atoms with van der Waals surface area (Å²) in [6.07, 6.45) is 7.26. The Morgan fingerprint density at radius 1 is 1.30 bits per heavy atom. The number of aryl methyl sites for hydroxylation is 1. The normalized spacial score (nSPS) is 17.8. The van der Waals surface area contributed by atoms with Gasteiger partial charge in [0.05, 0.1) is 6.54 Å². The first-order valence-corrected chi connectivity index (χ1v) is 12.6. The van der Waals surface area contributed by atoms with Crippen molar-refractivity contribution in [1.82, 2.24) is 5.01 Å². The molecule has 192 valence electrons. The quantitative estimate of drug-likeness (QED) is 0.192. The summed E-state index contributed by atoms with van der Waals surface area (Å²) >= 11 is 6.24. The number of benzene rings is 2. The molecule has 0 N–H and O–H groups in total. The Morgan fingerprint density at radius 3 is 2.89 bits per heavy atom. The average Bonchev–Trinajstić information content (AvgIpc) is 3.30. The molecule has 1 amide bonds. The van der Waals surface area contributed by atoms with Gasteiger partial charge in [-0.05, 0) is 29.3 Å². The second kappa shape index (κ2) is 14.6. The zero-order valence-corrected chi connectivity index (χ0v) is 26.0. The Bertz CT molecular complexity index is 1170. The van der Waals surface area contributed by atoms with Crippen LogP contribution in [0.5, 0.6) is 5.75 Å². The monoisotopic (exact) mass is 743 g/mol. The number of ether oxygens (including phenoxy) is 2. The van der Waals surface area contributed by atoms with Crippen LogP contribution in [-0.4, -0.2) is 60.5 Å². The maximum atomic E-state index is 13.1. The van der Waals surface area contributed by atoms with Crippen molar-refractivity contribution in [3.8, 4) is 5.75 Å². The third-order valence-electron chi connectivity index (χ3n) is 6.34. The van der Waals surface area contributed by atoms with E-state index in [0.717, 1.165) is 24.8 Å². The maximum Gasteiger partial charge on any atom is 0.597 e. The number of rotatable bonds is 9. The van der Waals surface area contributed by atoms with Crippen LogP contribution >= 0.6 is 11.6 Å². The maximum absolute atomic E-state index is 13.1. The van der Waals surface area contributed by atoms with Crippen LogP contribution in [0.15, 0.2) is 77.4 Å². The standard InChI is InChI=1S/C29H32ClN3O3.U/c1-22-14-16-31-33(18-23(22)2)20-26(21-35-28-11-7-6-10-27(28)30)36-29(34)32-17-15-25(19-32)13-12-24-8-4-3-5-9-24;/h3-6,8-11,15-17,23,26H,1,12-14,18-21H2,2H3;. The number of halogens is 1. The number of hydrogen-bond acceptors (Lipinski definition) is 5. The molecule has 8 heteroatoms. The summed E-state index contributed by atoms with van der Waals surface area (Å²) < 4.78 is 13.4. The van der Waals surface area contributed by atoms with Gasteiger partial charge >= 0.3 is 6.09 Å². The molecule has 0 saturated heterocycles. The minimum absolute atomic E-state index is 0. The number of allylic oxidation sites excluding steroid dienone is 1. The van der Waals surface area contributed by atoms with Crippen LogP contribution in [0.25, 0.3) is 0 Å². The summed E-state index contributed by atoms with van der Waals surface area (Å²) in [7, 11) is 0. The zero-order chi connectivity index (χ0) is 25.3. The molecule has 2 aliphatic heterocycles. The third-order valence-corrected chi connectivity index (χ3v) is 6.65. The first-order valence-electron chi connectivity index (χ1n) is 12.3. The van der Waals surface area contributed by atoms with Crippen molar-refractivity contribution in [1.29, 1.82) is 0 Å². The van der Waals surface area contributed by atoms with Gasteiger partial charge in [-0.2, -0.15) is 22.0 Å². The molecule has 2 aromatic carbocycles. The minimum atomic E-state index is -0.550. The summed E-state index contributed by atoms with van der Waals surface area (Å²) in [4.78, 5) is 13.1. The Kier molecular flexibility index (Phi) is 11.5. The number of hydrazone groups is 1. The molecule has 0 radical (unpaired) electrons. The van der Waals surface area contributed by atoms with E-state index in [1.165, 1.54) is 11.1 Å². The van der Waals surface area contributed by atoms with Gasteiger partial charge < -0.3 is 9.47 Å². The Hall–Kier alpha value is -2.33. The van der Waals surface area contributed by atoms with E-state index in [9.17, 15) is 4.79 Å². The minimum Gasteiger partial charge on any atom is -0.546 e. The number of amides is 1. The van der Waals surface area contributed by atoms with Crippen LogP contribution in [0.1, 0.15) is 25.3 Å². The van der Waals surface area contributed by atoms with Crippen LogP contribution in [0.3, 0.4) is 0 Å². The molecule has 0 spiro atoms. The van der Waals surface area contributed by atoms with Crippen molar-refractivity contribution in [2.24, 2.45) is 11.0 Å². The summed E-state index contributed by atoms with van der Waals surface area (Å²) in [5.74, 6) is 0.783. The summed E-state index contributed by atoms with van der Waals surface area (Å²) in [5, 5.41) is 6.94. The van der Waals surface area contributed by atoms with E-state index in [4.69, 9.17) is 21.1 Å². The second-order valence-corrected chi connectivity index (χ2v) is 9.60. The van der Waals surface area contributed by atoms with E-state index < -0.39 is 12.2 Å². The van der Waals surface area contributed by atoms with Crippen LogP contribution in [0.2, 0.25) is 5.02 Å². The van der Waals surface area contributed by atoms with Crippen LogP contribution < -0.4 is 4.74 Å². The Morgan fingerprint density at radius 2 is 2.11 bits per heavy atom. The van der Waals surface area contributed by atoms with E-state index >= 15 is 0 Å². The van der Waals surface area contributed by atoms with Crippen LogP contribution in [0, 0.1) is 43.1 Å². The molecule has 0 bridgehead atoms. The third kappa shape index (κ3) is 8.88. The van der Waals surface area contributed by atoms with Gasteiger partial charge in [-0.25, -0.2) is 0 Å². The van der Waals surface area contributed by atoms with E-state index in [0.29, 0.717) is 30.4 Å². The summed E-state index contributed by atoms with van der Waals surface area (Å²) in [6.45, 7) is 8.03. The van der Waals surface area contributed by atoms with E-state index in [2.05, 4.69) is 36.8 Å². The van der Waals surface area contributed by atoms with Crippen molar-refractivity contribution in [3.05, 3.63) is 89.0 Å². The molecule has 0 fully saturated rings. The number of nitrogens with zero attached hydrogens (tertiary/aromatic N) is 3. The van der Waals surface area contributed by atoms with Crippen molar-refractivity contribution >= 4 is 30.1 Å². The van der Waals surface area contributed by atoms with E-state index in [1.54, 1.807) is 29.0 Å². The molecular weight excluding hydrogens is 712 g/mol. The zero-order valence-electron chi connectivity index (χ0n) is 21.1. The van der Waals surface area contributed by atoms with Gasteiger partial charge in [-0.3, -0.25) is 5.01 Å². The molecule has 2 atom stereocenters. The molecule has 0 aromatic heterocycles. The first-order chi connectivity index (χ1) is 17.5. The molecule has 2 unspecified atom stereocenters. The average molecular weight is 744 g/mol. The fourth-order valence-electron chi connectivity index (χ4n) is 4.10. The van der Waals surface area contributed by atoms with Gasteiger partial charge in [-0.15, -0.1) is 28.3 Å². The number of carbonyl (C=O) groups is 1. The van der Waals surface area contributed by atoms with Crippen LogP contribution in [0.4, 0.5) is 4.79 Å². The van der Waals surface area contributed by atoms with Gasteiger partial charge in [0.2, 0.25) is 0 Å². The molecule has 2 heterocycles. The Balaban J connectivity index is 0.00000380. The molecule has 0 aliphatic carbocycles. The van der Waals surface area contributed by atoms with Crippen molar-refractivity contribution < 1.29 is 50.0 Å². The molecular formula is C29H32ClN3O3U. The van der Waals surface area contributed by atoms with Crippen molar-refractivity contribution in [2.45, 2.75) is 32.3 Å². The summed E-state index contributed by atoms with van der Waals surface area (Å²) in [6, 6.07) is 18.4. The topological polar surface area (TPSA) is 54.1 Å². The first kappa shape index (κ1) is 29.2. The Labute approximate surface area is 248 Å². The number of carbonyl (C=O) groups excluding carboxylic acids is 1. The smallest absolute Gasteiger partial charge is 0.546 e. The second-order valence-electron chi connectivity index (χ2n) is 9.19. The predicted molar refractivity (Wildman–Crippen MR) is 143 cm³/mol. The fraction of sp³-hybridized carbons (Fsp3) is 0.345. The van der Waals surface area contributed by atoms with Gasteiger partial charge in [0, 0.05) is 67.7 Å². The summed E-state index contributed by atoms with van der Waals surface area (Å²) in [5.41, 5.74) is 3.61. The van der Waals surface area contributed by atoms with Gasteiger partial charge in [0.25, 0.3) is 0 Å². The van der Waals surface area contributed by atoms with Gasteiger partial charge in [0.1, 0.15) is 6.61 Å². The predicted octanol–water partition coefficient (Wildman–Crippen LogP) is 5.56. The fourth-order valence-corrected chi connectivity index (χ4v) is 4.28. The molecule has 4 rings (SSSR count). The van der Waals surface area contributed by atoms with Gasteiger partial charge in [-0.1, -0.05) is 49.4 Å². The molecule has 2 aliphatic rings. The van der Waals surface area contributed by atoms with Crippen LogP contribution in [-0.2, 0) is 11.2 Å². The molecule has 2 aromatic rings. The molecule has 0 saturated carbocycles. The van der Waals surface area contributed by atoms with E-state index in [-0.39, 0.29) is 43.6 Å². The SMILES string of the molecule is C=C1CC=NN(CC(COc2c[c-]ccc2Cl)OC(=O)[N+]2=CC=C(CCc3ccccc3)C2)CC1C.[U]. The largest absolute Gasteiger partial charge is 0.597 e. The van der Waals surface area contributed by atoms with Crippen molar-refractivity contribution in [2.75, 3.05) is 26.2 Å². The molecule has 37 heavy (non-hydrogen) atoms.